The topological polar surface area (TPSA) is 12.0 Å². The average Bonchev–Trinajstić information content (AvgIpc) is 2.25. The number of nitrogens with one attached hydrogen (secondary N) is 1. The highest BCUT2D eigenvalue weighted by Gasteiger charge is 2.09. The number of hydrogen-bond donors (Lipinski definition) is 1. The van der Waals surface area contributed by atoms with E-state index in [1.165, 1.54) is 36.1 Å². The fraction of sp³-hybridized carbons (Fsp3) is 0.571. The fourth-order valence-corrected chi connectivity index (χ4v) is 2.18. The first kappa shape index (κ1) is 12.1. The Hall–Kier alpha value is -0.980. The van der Waals surface area contributed by atoms with Crippen LogP contribution in [-0.2, 0) is 0 Å². The highest BCUT2D eigenvalue weighted by atomic mass is 14.8. The average molecular weight is 205 g/mol. The molecule has 1 aromatic carbocycles. The minimum Gasteiger partial charge on any atom is -0.388 e. The van der Waals surface area contributed by atoms with Gasteiger partial charge in [0.2, 0.25) is 0 Å². The fourth-order valence-electron chi connectivity index (χ4n) is 2.18. The van der Waals surface area contributed by atoms with Gasteiger partial charge in [-0.2, -0.15) is 0 Å². The van der Waals surface area contributed by atoms with Gasteiger partial charge in [-0.1, -0.05) is 32.4 Å². The molecule has 1 aromatic rings. The summed E-state index contributed by atoms with van der Waals surface area (Å²) in [6.07, 6.45) is 3.81. The molecule has 0 heterocycles. The maximum Gasteiger partial charge on any atom is 0.0367 e. The molecular formula is C14H23N. The predicted octanol–water partition coefficient (Wildman–Crippen LogP) is 4.33. The van der Waals surface area contributed by atoms with Crippen molar-refractivity contribution in [1.82, 2.24) is 0 Å². The second kappa shape index (κ2) is 5.79. The Morgan fingerprint density at radius 1 is 1.27 bits per heavy atom. The Morgan fingerprint density at radius 3 is 2.47 bits per heavy atom. The summed E-state index contributed by atoms with van der Waals surface area (Å²) in [6, 6.07) is 6.79. The largest absolute Gasteiger partial charge is 0.388 e. The van der Waals surface area contributed by atoms with E-state index in [1.54, 1.807) is 0 Å². The van der Waals surface area contributed by atoms with Crippen LogP contribution in [0.1, 0.15) is 50.2 Å². The molecule has 0 bridgehead atoms. The van der Waals surface area contributed by atoms with Gasteiger partial charge in [0.25, 0.3) is 0 Å². The van der Waals surface area contributed by atoms with Gasteiger partial charge >= 0.3 is 0 Å². The van der Waals surface area contributed by atoms with Gasteiger partial charge in [0.15, 0.2) is 0 Å². The third-order valence-electron chi connectivity index (χ3n) is 3.12. The summed E-state index contributed by atoms with van der Waals surface area (Å²) >= 11 is 0. The van der Waals surface area contributed by atoms with Crippen LogP contribution in [0.5, 0.6) is 0 Å². The van der Waals surface area contributed by atoms with E-state index in [2.05, 4.69) is 44.3 Å². The number of hydrogen-bond acceptors (Lipinski definition) is 1. The molecule has 0 saturated carbocycles. The van der Waals surface area contributed by atoms with Gasteiger partial charge in [-0.3, -0.25) is 0 Å². The molecule has 0 radical (unpaired) electrons. The summed E-state index contributed by atoms with van der Waals surface area (Å²) in [4.78, 5) is 0. The quantitative estimate of drug-likeness (QED) is 0.754. The van der Waals surface area contributed by atoms with Crippen LogP contribution >= 0.6 is 0 Å². The van der Waals surface area contributed by atoms with Gasteiger partial charge < -0.3 is 5.32 Å². The molecule has 0 amide bonds. The minimum atomic E-state index is 0.736. The van der Waals surface area contributed by atoms with Crippen LogP contribution in [-0.4, -0.2) is 7.05 Å². The van der Waals surface area contributed by atoms with Gasteiger partial charge in [-0.05, 0) is 42.9 Å². The van der Waals surface area contributed by atoms with E-state index in [-0.39, 0.29) is 0 Å². The minimum absolute atomic E-state index is 0.736. The van der Waals surface area contributed by atoms with Gasteiger partial charge in [-0.25, -0.2) is 0 Å². The molecule has 0 aliphatic rings. The van der Waals surface area contributed by atoms with Gasteiger partial charge in [0.05, 0.1) is 0 Å². The van der Waals surface area contributed by atoms with Crippen LogP contribution in [0.3, 0.4) is 0 Å². The molecule has 0 aliphatic heterocycles. The zero-order chi connectivity index (χ0) is 11.3. The Labute approximate surface area is 93.9 Å². The summed E-state index contributed by atoms with van der Waals surface area (Å²) in [5.74, 6) is 0.736. The van der Waals surface area contributed by atoms with E-state index in [9.17, 15) is 0 Å². The molecular weight excluding hydrogens is 182 g/mol. The first-order valence-electron chi connectivity index (χ1n) is 6.01. The third kappa shape index (κ3) is 2.98. The smallest absolute Gasteiger partial charge is 0.0367 e. The Kier molecular flexibility index (Phi) is 4.67. The summed E-state index contributed by atoms with van der Waals surface area (Å²) in [6.45, 7) is 6.72. The molecule has 1 unspecified atom stereocenters. The lowest BCUT2D eigenvalue weighted by Gasteiger charge is -2.16. The normalized spacial score (nSPS) is 12.5. The monoisotopic (exact) mass is 205 g/mol. The maximum absolute atomic E-state index is 3.21. The lowest BCUT2D eigenvalue weighted by atomic mass is 9.91. The van der Waals surface area contributed by atoms with Crippen molar-refractivity contribution in [3.05, 3.63) is 29.3 Å². The molecule has 84 valence electrons. The van der Waals surface area contributed by atoms with E-state index in [0.717, 1.165) is 5.92 Å². The molecule has 0 aromatic heterocycles. The molecule has 0 fully saturated rings. The second-order valence-electron chi connectivity index (χ2n) is 4.22. The zero-order valence-electron chi connectivity index (χ0n) is 10.4. The highest BCUT2D eigenvalue weighted by molar-refractivity contribution is 5.52. The van der Waals surface area contributed by atoms with E-state index in [1.807, 2.05) is 7.05 Å². The predicted molar refractivity (Wildman–Crippen MR) is 68.7 cm³/mol. The van der Waals surface area contributed by atoms with Crippen molar-refractivity contribution in [2.24, 2.45) is 0 Å². The van der Waals surface area contributed by atoms with E-state index in [0.29, 0.717) is 0 Å². The third-order valence-corrected chi connectivity index (χ3v) is 3.12. The van der Waals surface area contributed by atoms with E-state index < -0.39 is 0 Å². The molecule has 1 rings (SSSR count). The Bertz CT molecular complexity index is 304. The van der Waals surface area contributed by atoms with Crippen LogP contribution < -0.4 is 5.32 Å². The van der Waals surface area contributed by atoms with Crippen molar-refractivity contribution >= 4 is 5.69 Å². The van der Waals surface area contributed by atoms with Crippen LogP contribution in [0.4, 0.5) is 5.69 Å². The molecule has 1 N–H and O–H groups in total. The van der Waals surface area contributed by atoms with Crippen molar-refractivity contribution in [3.63, 3.8) is 0 Å². The number of benzene rings is 1. The standard InChI is InChI=1S/C14H23N/c1-5-7-12(6-2)13-8-9-14(15-4)11(3)10-13/h8-10,12,15H,5-7H2,1-4H3. The van der Waals surface area contributed by atoms with Crippen molar-refractivity contribution in [2.45, 2.75) is 46.0 Å². The molecule has 1 nitrogen and oxygen atoms in total. The highest BCUT2D eigenvalue weighted by Crippen LogP contribution is 2.27. The summed E-state index contributed by atoms with van der Waals surface area (Å²) in [7, 11) is 1.98. The van der Waals surface area contributed by atoms with Crippen molar-refractivity contribution in [3.8, 4) is 0 Å². The lowest BCUT2D eigenvalue weighted by Crippen LogP contribution is -1.99. The first-order valence-corrected chi connectivity index (χ1v) is 6.01. The maximum atomic E-state index is 3.21. The van der Waals surface area contributed by atoms with Gasteiger partial charge in [0, 0.05) is 12.7 Å². The van der Waals surface area contributed by atoms with Gasteiger partial charge in [0.1, 0.15) is 0 Å². The van der Waals surface area contributed by atoms with Crippen LogP contribution in [0.25, 0.3) is 0 Å². The van der Waals surface area contributed by atoms with E-state index >= 15 is 0 Å². The molecule has 1 heteroatoms. The number of anilines is 1. The number of aryl methyl sites for hydroxylation is 1. The molecule has 0 spiro atoms. The molecule has 0 aliphatic carbocycles. The Morgan fingerprint density at radius 2 is 2.00 bits per heavy atom. The Balaban J connectivity index is 2.89. The number of rotatable bonds is 5. The SMILES string of the molecule is CCCC(CC)c1ccc(NC)c(C)c1. The van der Waals surface area contributed by atoms with Crippen LogP contribution in [0, 0.1) is 6.92 Å². The summed E-state index contributed by atoms with van der Waals surface area (Å²) in [5, 5.41) is 3.21. The van der Waals surface area contributed by atoms with Crippen LogP contribution in [0.15, 0.2) is 18.2 Å². The van der Waals surface area contributed by atoms with E-state index in [4.69, 9.17) is 0 Å². The van der Waals surface area contributed by atoms with Crippen LogP contribution in [0.2, 0.25) is 0 Å². The van der Waals surface area contributed by atoms with Crippen molar-refractivity contribution in [1.29, 1.82) is 0 Å². The molecule has 1 atom stereocenters. The molecule has 15 heavy (non-hydrogen) atoms. The first-order chi connectivity index (χ1) is 7.22. The van der Waals surface area contributed by atoms with Crippen molar-refractivity contribution < 1.29 is 0 Å². The van der Waals surface area contributed by atoms with Crippen molar-refractivity contribution in [2.75, 3.05) is 12.4 Å². The summed E-state index contributed by atoms with van der Waals surface area (Å²) in [5.41, 5.74) is 4.09. The summed E-state index contributed by atoms with van der Waals surface area (Å²) < 4.78 is 0. The zero-order valence-corrected chi connectivity index (χ0v) is 10.4. The molecule has 0 saturated heterocycles. The lowest BCUT2D eigenvalue weighted by molar-refractivity contribution is 0.595. The second-order valence-corrected chi connectivity index (χ2v) is 4.22. The van der Waals surface area contributed by atoms with Gasteiger partial charge in [-0.15, -0.1) is 0 Å².